The van der Waals surface area contributed by atoms with E-state index >= 15 is 0 Å². The third kappa shape index (κ3) is 4.36. The first kappa shape index (κ1) is 16.1. The Morgan fingerprint density at radius 3 is 2.86 bits per heavy atom. The molecule has 2 aromatic rings. The number of thiophene rings is 1. The van der Waals surface area contributed by atoms with Crippen LogP contribution in [-0.2, 0) is 11.2 Å². The van der Waals surface area contributed by atoms with Gasteiger partial charge in [-0.3, -0.25) is 4.79 Å². The maximum atomic E-state index is 12.4. The van der Waals surface area contributed by atoms with Gasteiger partial charge in [0.1, 0.15) is 5.01 Å². The summed E-state index contributed by atoms with van der Waals surface area (Å²) in [5.74, 6) is 0.0700. The van der Waals surface area contributed by atoms with E-state index in [0.29, 0.717) is 19.4 Å². The molecule has 0 fully saturated rings. The Morgan fingerprint density at radius 2 is 2.24 bits per heavy atom. The van der Waals surface area contributed by atoms with Crippen LogP contribution >= 0.6 is 22.7 Å². The van der Waals surface area contributed by atoms with Crippen LogP contribution in [0.1, 0.15) is 26.0 Å². The van der Waals surface area contributed by atoms with Crippen LogP contribution in [0.5, 0.6) is 0 Å². The van der Waals surface area contributed by atoms with Crippen LogP contribution < -0.4 is 0 Å². The summed E-state index contributed by atoms with van der Waals surface area (Å²) in [6, 6.07) is 2.18. The summed E-state index contributed by atoms with van der Waals surface area (Å²) in [5, 5.41) is 15.9. The molecule has 0 saturated carbocycles. The van der Waals surface area contributed by atoms with Gasteiger partial charge >= 0.3 is 0 Å². The predicted octanol–water partition coefficient (Wildman–Crippen LogP) is 3.03. The van der Waals surface area contributed by atoms with Gasteiger partial charge < -0.3 is 10.0 Å². The number of hydrogen-bond acceptors (Lipinski definition) is 5. The lowest BCUT2D eigenvalue weighted by atomic mass is 10.2. The summed E-state index contributed by atoms with van der Waals surface area (Å²) < 4.78 is 0. The molecule has 21 heavy (non-hydrogen) atoms. The Hall–Kier alpha value is -1.24. The van der Waals surface area contributed by atoms with Gasteiger partial charge in [0, 0.05) is 35.5 Å². The van der Waals surface area contributed by atoms with Gasteiger partial charge in [0.05, 0.1) is 12.1 Å². The zero-order valence-corrected chi connectivity index (χ0v) is 13.9. The average molecular weight is 324 g/mol. The first-order valence-corrected chi connectivity index (χ1v) is 8.81. The van der Waals surface area contributed by atoms with Crippen molar-refractivity contribution in [2.24, 2.45) is 0 Å². The molecule has 0 saturated heterocycles. The van der Waals surface area contributed by atoms with Gasteiger partial charge in [0.25, 0.3) is 0 Å². The second kappa shape index (κ2) is 7.68. The Labute approximate surface area is 133 Å². The summed E-state index contributed by atoms with van der Waals surface area (Å²) in [6.07, 6.45) is 0.936. The predicted molar refractivity (Wildman–Crippen MR) is 87.7 cm³/mol. The molecule has 0 aliphatic rings. The van der Waals surface area contributed by atoms with Gasteiger partial charge in [-0.05, 0) is 31.7 Å². The van der Waals surface area contributed by atoms with Crippen molar-refractivity contribution in [3.8, 4) is 10.6 Å². The minimum absolute atomic E-state index is 0.0700. The molecule has 1 amide bonds. The summed E-state index contributed by atoms with van der Waals surface area (Å²) >= 11 is 3.22. The highest BCUT2D eigenvalue weighted by molar-refractivity contribution is 7.14. The molecule has 6 heteroatoms. The van der Waals surface area contributed by atoms with Gasteiger partial charge in [-0.15, -0.1) is 11.3 Å². The maximum absolute atomic E-state index is 12.4. The molecule has 0 aromatic carbocycles. The Bertz CT molecular complexity index is 564. The van der Waals surface area contributed by atoms with Crippen molar-refractivity contribution >= 4 is 28.6 Å². The molecule has 1 N–H and O–H groups in total. The zero-order chi connectivity index (χ0) is 15.2. The van der Waals surface area contributed by atoms with Crippen molar-refractivity contribution in [2.45, 2.75) is 32.7 Å². The standard InChI is InChI=1S/C15H20N2O2S2/c1-11(2)17(5-3-6-18)14(19)8-13-10-21-15(16-13)12-4-7-20-9-12/h4,7,9-11,18H,3,5-6,8H2,1-2H3. The second-order valence-electron chi connectivity index (χ2n) is 5.09. The second-order valence-corrected chi connectivity index (χ2v) is 6.73. The zero-order valence-electron chi connectivity index (χ0n) is 12.3. The summed E-state index contributed by atoms with van der Waals surface area (Å²) in [5.41, 5.74) is 1.94. The third-order valence-electron chi connectivity index (χ3n) is 3.15. The molecule has 2 heterocycles. The van der Waals surface area contributed by atoms with Gasteiger partial charge in [-0.2, -0.15) is 11.3 Å². The lowest BCUT2D eigenvalue weighted by Gasteiger charge is -2.26. The number of thiazole rings is 1. The Balaban J connectivity index is 2.01. The highest BCUT2D eigenvalue weighted by atomic mass is 32.1. The molecule has 0 aliphatic heterocycles. The lowest BCUT2D eigenvalue weighted by molar-refractivity contribution is -0.132. The molecule has 0 atom stereocenters. The molecule has 2 aromatic heterocycles. The lowest BCUT2D eigenvalue weighted by Crippen LogP contribution is -2.39. The van der Waals surface area contributed by atoms with Gasteiger partial charge in [0.2, 0.25) is 5.91 Å². The van der Waals surface area contributed by atoms with Crippen molar-refractivity contribution < 1.29 is 9.90 Å². The van der Waals surface area contributed by atoms with E-state index in [1.807, 2.05) is 30.7 Å². The topological polar surface area (TPSA) is 53.4 Å². The van der Waals surface area contributed by atoms with Crippen LogP contribution in [-0.4, -0.2) is 40.1 Å². The van der Waals surface area contributed by atoms with E-state index < -0.39 is 0 Å². The van der Waals surface area contributed by atoms with Crippen LogP contribution in [0.4, 0.5) is 0 Å². The van der Waals surface area contributed by atoms with E-state index in [2.05, 4.69) is 10.4 Å². The van der Waals surface area contributed by atoms with Crippen molar-refractivity contribution in [3.05, 3.63) is 27.9 Å². The fraction of sp³-hybridized carbons (Fsp3) is 0.467. The number of rotatable bonds is 7. The number of amides is 1. The molecule has 0 unspecified atom stereocenters. The van der Waals surface area contributed by atoms with Crippen LogP contribution in [0.15, 0.2) is 22.2 Å². The Kier molecular flexibility index (Phi) is 5.90. The average Bonchev–Trinajstić information content (AvgIpc) is 3.08. The first-order valence-electron chi connectivity index (χ1n) is 6.99. The first-order chi connectivity index (χ1) is 10.1. The molecular formula is C15H20N2O2S2. The number of carbonyl (C=O) groups is 1. The van der Waals surface area contributed by atoms with E-state index in [4.69, 9.17) is 5.11 Å². The molecular weight excluding hydrogens is 304 g/mol. The fourth-order valence-corrected chi connectivity index (χ4v) is 3.61. The number of aliphatic hydroxyl groups excluding tert-OH is 1. The van der Waals surface area contributed by atoms with E-state index in [1.165, 1.54) is 0 Å². The number of nitrogens with zero attached hydrogens (tertiary/aromatic N) is 2. The van der Waals surface area contributed by atoms with Crippen LogP contribution in [0.25, 0.3) is 10.6 Å². The van der Waals surface area contributed by atoms with Crippen molar-refractivity contribution in [1.82, 2.24) is 9.88 Å². The van der Waals surface area contributed by atoms with E-state index in [-0.39, 0.29) is 18.6 Å². The third-order valence-corrected chi connectivity index (χ3v) is 4.78. The molecule has 0 bridgehead atoms. The minimum Gasteiger partial charge on any atom is -0.396 e. The minimum atomic E-state index is 0.0700. The van der Waals surface area contributed by atoms with Crippen molar-refractivity contribution in [1.29, 1.82) is 0 Å². The fourth-order valence-electron chi connectivity index (χ4n) is 2.08. The number of aromatic nitrogens is 1. The number of hydrogen-bond donors (Lipinski definition) is 1. The van der Waals surface area contributed by atoms with Gasteiger partial charge in [-0.1, -0.05) is 0 Å². The van der Waals surface area contributed by atoms with Gasteiger partial charge in [-0.25, -0.2) is 4.98 Å². The van der Waals surface area contributed by atoms with E-state index in [1.54, 1.807) is 27.6 Å². The SMILES string of the molecule is CC(C)N(CCCO)C(=O)Cc1csc(-c2ccsc2)n1. The van der Waals surface area contributed by atoms with Crippen LogP contribution in [0.3, 0.4) is 0 Å². The molecule has 2 rings (SSSR count). The van der Waals surface area contributed by atoms with Gasteiger partial charge in [0.15, 0.2) is 0 Å². The van der Waals surface area contributed by atoms with E-state index in [9.17, 15) is 4.79 Å². The largest absolute Gasteiger partial charge is 0.396 e. The highest BCUT2D eigenvalue weighted by Gasteiger charge is 2.18. The smallest absolute Gasteiger partial charge is 0.228 e. The monoisotopic (exact) mass is 324 g/mol. The van der Waals surface area contributed by atoms with Crippen LogP contribution in [0.2, 0.25) is 0 Å². The highest BCUT2D eigenvalue weighted by Crippen LogP contribution is 2.26. The summed E-state index contributed by atoms with van der Waals surface area (Å²) in [4.78, 5) is 18.7. The molecule has 0 spiro atoms. The molecule has 4 nitrogen and oxygen atoms in total. The quantitative estimate of drug-likeness (QED) is 0.852. The van der Waals surface area contributed by atoms with E-state index in [0.717, 1.165) is 16.3 Å². The molecule has 0 radical (unpaired) electrons. The number of carbonyl (C=O) groups excluding carboxylic acids is 1. The summed E-state index contributed by atoms with van der Waals surface area (Å²) in [7, 11) is 0. The molecule has 114 valence electrons. The maximum Gasteiger partial charge on any atom is 0.228 e. The molecule has 0 aliphatic carbocycles. The summed E-state index contributed by atoms with van der Waals surface area (Å²) in [6.45, 7) is 4.68. The normalized spacial score (nSPS) is 11.0. The van der Waals surface area contributed by atoms with Crippen molar-refractivity contribution in [3.63, 3.8) is 0 Å². The Morgan fingerprint density at radius 1 is 1.43 bits per heavy atom. The van der Waals surface area contributed by atoms with Crippen molar-refractivity contribution in [2.75, 3.05) is 13.2 Å². The van der Waals surface area contributed by atoms with Crippen LogP contribution in [0, 0.1) is 0 Å². The number of aliphatic hydroxyl groups is 1.